The molecule has 0 aromatic carbocycles. The minimum atomic E-state index is 0.624. The number of ether oxygens (including phenoxy) is 1. The Morgan fingerprint density at radius 2 is 2.15 bits per heavy atom. The number of aryl methyl sites for hydroxylation is 2. The number of aromatic nitrogens is 3. The number of rotatable bonds is 5. The zero-order chi connectivity index (χ0) is 14.1. The third-order valence-corrected chi connectivity index (χ3v) is 3.58. The maximum absolute atomic E-state index is 5.90. The van der Waals surface area contributed by atoms with E-state index in [1.807, 2.05) is 43.8 Å². The van der Waals surface area contributed by atoms with Crippen molar-refractivity contribution in [3.05, 3.63) is 35.3 Å². The van der Waals surface area contributed by atoms with E-state index in [1.165, 1.54) is 12.8 Å². The van der Waals surface area contributed by atoms with Crippen LogP contribution in [0.5, 0.6) is 11.6 Å². The number of hydrogen-bond donors (Lipinski definition) is 1. The molecule has 0 aliphatic heterocycles. The molecule has 2 heterocycles. The van der Waals surface area contributed by atoms with E-state index in [-0.39, 0.29) is 0 Å². The summed E-state index contributed by atoms with van der Waals surface area (Å²) < 4.78 is 7.72. The van der Waals surface area contributed by atoms with Crippen molar-refractivity contribution in [2.24, 2.45) is 7.05 Å². The van der Waals surface area contributed by atoms with Gasteiger partial charge in [0.05, 0.1) is 11.4 Å². The first-order chi connectivity index (χ1) is 9.63. The molecule has 0 radical (unpaired) electrons. The Morgan fingerprint density at radius 1 is 1.35 bits per heavy atom. The zero-order valence-electron chi connectivity index (χ0n) is 12.2. The number of pyridine rings is 1. The van der Waals surface area contributed by atoms with Crippen LogP contribution in [0, 0.1) is 13.8 Å². The summed E-state index contributed by atoms with van der Waals surface area (Å²) in [6.07, 6.45) is 2.56. The van der Waals surface area contributed by atoms with E-state index < -0.39 is 0 Å². The molecule has 0 atom stereocenters. The van der Waals surface area contributed by atoms with Crippen LogP contribution in [0.15, 0.2) is 18.2 Å². The third-order valence-electron chi connectivity index (χ3n) is 3.58. The molecule has 1 aliphatic carbocycles. The standard InChI is InChI=1S/C15H20N4O/c1-10-15(11(2)19(3)18-10)20-14-6-4-5-13(17-14)9-16-12-7-8-12/h4-6,12,16H,7-9H2,1-3H3. The highest BCUT2D eigenvalue weighted by Crippen LogP contribution is 2.27. The number of nitrogens with zero attached hydrogens (tertiary/aromatic N) is 3. The van der Waals surface area contributed by atoms with E-state index in [2.05, 4.69) is 15.4 Å². The lowest BCUT2D eigenvalue weighted by molar-refractivity contribution is 0.452. The first-order valence-electron chi connectivity index (χ1n) is 7.01. The van der Waals surface area contributed by atoms with Crippen LogP contribution in [-0.2, 0) is 13.6 Å². The van der Waals surface area contributed by atoms with E-state index >= 15 is 0 Å². The van der Waals surface area contributed by atoms with Gasteiger partial charge in [-0.3, -0.25) is 4.68 Å². The van der Waals surface area contributed by atoms with Crippen molar-refractivity contribution in [2.45, 2.75) is 39.3 Å². The third kappa shape index (κ3) is 2.82. The van der Waals surface area contributed by atoms with Gasteiger partial charge in [0.15, 0.2) is 5.75 Å². The van der Waals surface area contributed by atoms with Crippen molar-refractivity contribution in [2.75, 3.05) is 0 Å². The molecule has 0 bridgehead atoms. The largest absolute Gasteiger partial charge is 0.435 e. The van der Waals surface area contributed by atoms with Gasteiger partial charge in [-0.05, 0) is 32.8 Å². The van der Waals surface area contributed by atoms with Crippen molar-refractivity contribution in [1.82, 2.24) is 20.1 Å². The Morgan fingerprint density at radius 3 is 2.80 bits per heavy atom. The molecule has 0 saturated heterocycles. The van der Waals surface area contributed by atoms with E-state index in [0.717, 1.165) is 29.4 Å². The molecule has 1 N–H and O–H groups in total. The molecule has 0 amide bonds. The van der Waals surface area contributed by atoms with E-state index in [9.17, 15) is 0 Å². The first kappa shape index (κ1) is 13.1. The van der Waals surface area contributed by atoms with Gasteiger partial charge in [0, 0.05) is 25.7 Å². The highest BCUT2D eigenvalue weighted by molar-refractivity contribution is 5.35. The predicted molar refractivity (Wildman–Crippen MR) is 76.9 cm³/mol. The van der Waals surface area contributed by atoms with Crippen molar-refractivity contribution in [3.8, 4) is 11.6 Å². The summed E-state index contributed by atoms with van der Waals surface area (Å²) in [5.74, 6) is 1.42. The lowest BCUT2D eigenvalue weighted by atomic mass is 10.3. The highest BCUT2D eigenvalue weighted by Gasteiger charge is 2.20. The molecule has 1 saturated carbocycles. The van der Waals surface area contributed by atoms with Gasteiger partial charge in [-0.15, -0.1) is 0 Å². The Labute approximate surface area is 119 Å². The van der Waals surface area contributed by atoms with Crippen LogP contribution in [0.3, 0.4) is 0 Å². The molecule has 0 spiro atoms. The molecule has 2 aromatic rings. The fraction of sp³-hybridized carbons (Fsp3) is 0.467. The second-order valence-electron chi connectivity index (χ2n) is 5.35. The van der Waals surface area contributed by atoms with Crippen LogP contribution in [0.1, 0.15) is 29.9 Å². The maximum atomic E-state index is 5.90. The van der Waals surface area contributed by atoms with Gasteiger partial charge >= 0.3 is 0 Å². The first-order valence-corrected chi connectivity index (χ1v) is 7.01. The average Bonchev–Trinajstić information content (AvgIpc) is 3.22. The SMILES string of the molecule is Cc1nn(C)c(C)c1Oc1cccc(CNC2CC2)n1. The van der Waals surface area contributed by atoms with Crippen molar-refractivity contribution in [3.63, 3.8) is 0 Å². The van der Waals surface area contributed by atoms with Gasteiger partial charge in [0.25, 0.3) is 0 Å². The molecule has 5 nitrogen and oxygen atoms in total. The van der Waals surface area contributed by atoms with Gasteiger partial charge in [-0.1, -0.05) is 6.07 Å². The van der Waals surface area contributed by atoms with E-state index in [1.54, 1.807) is 0 Å². The molecule has 2 aromatic heterocycles. The van der Waals surface area contributed by atoms with Crippen LogP contribution >= 0.6 is 0 Å². The fourth-order valence-electron chi connectivity index (χ4n) is 2.16. The van der Waals surface area contributed by atoms with Crippen LogP contribution in [-0.4, -0.2) is 20.8 Å². The smallest absolute Gasteiger partial charge is 0.219 e. The lowest BCUT2D eigenvalue weighted by Crippen LogP contribution is -2.16. The second kappa shape index (κ2) is 5.25. The summed E-state index contributed by atoms with van der Waals surface area (Å²) in [4.78, 5) is 4.54. The second-order valence-corrected chi connectivity index (χ2v) is 5.35. The van der Waals surface area contributed by atoms with Gasteiger partial charge in [-0.25, -0.2) is 4.98 Å². The summed E-state index contributed by atoms with van der Waals surface area (Å²) in [5, 5.41) is 7.80. The molecular weight excluding hydrogens is 252 g/mol. The lowest BCUT2D eigenvalue weighted by Gasteiger charge is -2.07. The van der Waals surface area contributed by atoms with Crippen molar-refractivity contribution < 1.29 is 4.74 Å². The van der Waals surface area contributed by atoms with Crippen LogP contribution in [0.2, 0.25) is 0 Å². The summed E-state index contributed by atoms with van der Waals surface area (Å²) in [5.41, 5.74) is 2.90. The highest BCUT2D eigenvalue weighted by atomic mass is 16.5. The minimum Gasteiger partial charge on any atom is -0.435 e. The Kier molecular flexibility index (Phi) is 3.44. The zero-order valence-corrected chi connectivity index (χ0v) is 12.2. The molecular formula is C15H20N4O. The monoisotopic (exact) mass is 272 g/mol. The predicted octanol–water partition coefficient (Wildman–Crippen LogP) is 2.48. The minimum absolute atomic E-state index is 0.624. The Hall–Kier alpha value is -1.88. The average molecular weight is 272 g/mol. The summed E-state index contributed by atoms with van der Waals surface area (Å²) in [6, 6.07) is 6.56. The molecule has 1 fully saturated rings. The molecule has 20 heavy (non-hydrogen) atoms. The van der Waals surface area contributed by atoms with Gasteiger partial charge in [-0.2, -0.15) is 5.10 Å². The molecule has 3 rings (SSSR count). The van der Waals surface area contributed by atoms with Crippen LogP contribution < -0.4 is 10.1 Å². The normalized spacial score (nSPS) is 14.6. The fourth-order valence-corrected chi connectivity index (χ4v) is 2.16. The van der Waals surface area contributed by atoms with Gasteiger partial charge < -0.3 is 10.1 Å². The maximum Gasteiger partial charge on any atom is 0.219 e. The van der Waals surface area contributed by atoms with Gasteiger partial charge in [0.1, 0.15) is 5.69 Å². The summed E-state index contributed by atoms with van der Waals surface area (Å²) in [7, 11) is 1.92. The van der Waals surface area contributed by atoms with Crippen LogP contribution in [0.25, 0.3) is 0 Å². The van der Waals surface area contributed by atoms with E-state index in [4.69, 9.17) is 4.74 Å². The summed E-state index contributed by atoms with van der Waals surface area (Å²) in [6.45, 7) is 4.74. The van der Waals surface area contributed by atoms with E-state index in [0.29, 0.717) is 11.9 Å². The topological polar surface area (TPSA) is 52.0 Å². The number of hydrogen-bond acceptors (Lipinski definition) is 4. The quantitative estimate of drug-likeness (QED) is 0.908. The Bertz CT molecular complexity index is 616. The van der Waals surface area contributed by atoms with Gasteiger partial charge in [0.2, 0.25) is 5.88 Å². The Balaban J connectivity index is 1.74. The van der Waals surface area contributed by atoms with Crippen LogP contribution in [0.4, 0.5) is 0 Å². The molecule has 106 valence electrons. The summed E-state index contributed by atoms with van der Waals surface area (Å²) >= 11 is 0. The van der Waals surface area contributed by atoms with Crippen molar-refractivity contribution >= 4 is 0 Å². The molecule has 0 unspecified atom stereocenters. The molecule has 1 aliphatic rings. The number of nitrogens with one attached hydrogen (secondary N) is 1. The molecule has 5 heteroatoms. The van der Waals surface area contributed by atoms with Crippen molar-refractivity contribution in [1.29, 1.82) is 0 Å².